The quantitative estimate of drug-likeness (QED) is 0.402. The highest BCUT2D eigenvalue weighted by molar-refractivity contribution is 7.90. The molecule has 2 N–H and O–H groups in total. The highest BCUT2D eigenvalue weighted by Crippen LogP contribution is 2.32. The Bertz CT molecular complexity index is 1220. The Morgan fingerprint density at radius 1 is 0.667 bits per heavy atom. The molecule has 0 bridgehead atoms. The molecule has 0 heterocycles. The van der Waals surface area contributed by atoms with Gasteiger partial charge < -0.3 is 10.8 Å². The molecule has 5 heteroatoms. The first-order valence-electron chi connectivity index (χ1n) is 11.1. The summed E-state index contributed by atoms with van der Waals surface area (Å²) in [5.74, 6) is -0.575. The number of hydrogen-bond acceptors (Lipinski definition) is 4. The van der Waals surface area contributed by atoms with Crippen LogP contribution in [0.2, 0.25) is 0 Å². The molecule has 0 radical (unpaired) electrons. The largest absolute Gasteiger partial charge is 0.304 e. The van der Waals surface area contributed by atoms with E-state index in [0.717, 1.165) is 34.1 Å². The SMILES string of the molecule is Cc1ccc(C(C)C(=N)c2cc(C)cc(C(=N)C(C)c3ccc(C)cc3)c2S(C)(=O)=O)cc1. The van der Waals surface area contributed by atoms with Crippen molar-refractivity contribution < 1.29 is 8.42 Å². The Morgan fingerprint density at radius 2 is 1.00 bits per heavy atom. The van der Waals surface area contributed by atoms with Gasteiger partial charge in [0.2, 0.25) is 0 Å². The Morgan fingerprint density at radius 3 is 1.30 bits per heavy atom. The van der Waals surface area contributed by atoms with Crippen LogP contribution in [0.15, 0.2) is 65.6 Å². The molecule has 0 fully saturated rings. The van der Waals surface area contributed by atoms with Gasteiger partial charge in [0, 0.05) is 40.6 Å². The van der Waals surface area contributed by atoms with Crippen molar-refractivity contribution in [2.75, 3.05) is 6.26 Å². The molecule has 0 aliphatic rings. The Balaban J connectivity index is 2.14. The van der Waals surface area contributed by atoms with E-state index in [4.69, 9.17) is 10.8 Å². The van der Waals surface area contributed by atoms with Crippen molar-refractivity contribution in [3.05, 3.63) is 99.6 Å². The second-order valence-corrected chi connectivity index (χ2v) is 11.0. The zero-order chi connectivity index (χ0) is 24.5. The van der Waals surface area contributed by atoms with Crippen LogP contribution in [-0.2, 0) is 9.84 Å². The lowest BCUT2D eigenvalue weighted by Gasteiger charge is -2.22. The molecule has 0 saturated carbocycles. The maximum Gasteiger partial charge on any atom is 0.176 e. The van der Waals surface area contributed by atoms with Crippen molar-refractivity contribution in [3.8, 4) is 0 Å². The minimum absolute atomic E-state index is 0.0704. The van der Waals surface area contributed by atoms with E-state index in [1.807, 2.05) is 83.1 Å². The topological polar surface area (TPSA) is 81.8 Å². The number of rotatable bonds is 7. The molecule has 0 aromatic heterocycles. The van der Waals surface area contributed by atoms with Gasteiger partial charge in [-0.15, -0.1) is 0 Å². The van der Waals surface area contributed by atoms with Gasteiger partial charge in [-0.3, -0.25) is 0 Å². The first-order valence-corrected chi connectivity index (χ1v) is 12.9. The fourth-order valence-electron chi connectivity index (χ4n) is 4.08. The summed E-state index contributed by atoms with van der Waals surface area (Å²) in [7, 11) is -3.70. The second kappa shape index (κ2) is 9.44. The molecule has 0 saturated heterocycles. The summed E-state index contributed by atoms with van der Waals surface area (Å²) in [5, 5.41) is 17.9. The van der Waals surface area contributed by atoms with Crippen LogP contribution < -0.4 is 0 Å². The van der Waals surface area contributed by atoms with Crippen molar-refractivity contribution in [2.45, 2.75) is 51.3 Å². The molecule has 33 heavy (non-hydrogen) atoms. The summed E-state index contributed by atoms with van der Waals surface area (Å²) >= 11 is 0. The number of benzene rings is 3. The van der Waals surface area contributed by atoms with Gasteiger partial charge in [0.05, 0.1) is 4.90 Å². The average Bonchev–Trinajstić information content (AvgIpc) is 2.76. The molecule has 4 nitrogen and oxygen atoms in total. The van der Waals surface area contributed by atoms with Crippen LogP contribution in [0.3, 0.4) is 0 Å². The van der Waals surface area contributed by atoms with E-state index < -0.39 is 9.84 Å². The molecule has 3 rings (SSSR count). The monoisotopic (exact) mass is 460 g/mol. The van der Waals surface area contributed by atoms with Gasteiger partial charge in [0.1, 0.15) is 0 Å². The van der Waals surface area contributed by atoms with Gasteiger partial charge in [-0.1, -0.05) is 73.5 Å². The van der Waals surface area contributed by atoms with Crippen LogP contribution in [0.25, 0.3) is 0 Å². The first-order chi connectivity index (χ1) is 15.4. The standard InChI is InChI=1S/C28H32N2O2S/c1-17-7-11-22(12-8-17)20(4)26(29)24-15-19(3)16-25(28(24)33(6,31)32)27(30)21(5)23-13-9-18(2)10-14-23/h7-16,20-21,29-30H,1-6H3. The molecule has 0 spiro atoms. The number of nitrogens with one attached hydrogen (secondary N) is 2. The van der Waals surface area contributed by atoms with Crippen molar-refractivity contribution in [1.82, 2.24) is 0 Å². The molecule has 0 aliphatic carbocycles. The minimum Gasteiger partial charge on any atom is -0.304 e. The molecule has 3 aromatic rings. The Hall–Kier alpha value is -3.05. The van der Waals surface area contributed by atoms with E-state index in [0.29, 0.717) is 11.1 Å². The fraction of sp³-hybridized carbons (Fsp3) is 0.286. The lowest BCUT2D eigenvalue weighted by molar-refractivity contribution is 0.601. The lowest BCUT2D eigenvalue weighted by Crippen LogP contribution is -2.20. The molecule has 3 aromatic carbocycles. The van der Waals surface area contributed by atoms with E-state index in [1.54, 1.807) is 12.1 Å². The predicted octanol–water partition coefficient (Wildman–Crippen LogP) is 6.36. The maximum absolute atomic E-state index is 13.0. The molecular formula is C28H32N2O2S. The van der Waals surface area contributed by atoms with Gasteiger partial charge in [0.15, 0.2) is 9.84 Å². The summed E-state index contributed by atoms with van der Waals surface area (Å²) in [6.07, 6.45) is 1.16. The summed E-state index contributed by atoms with van der Waals surface area (Å²) in [4.78, 5) is 0.0704. The van der Waals surface area contributed by atoms with Crippen LogP contribution in [-0.4, -0.2) is 26.1 Å². The van der Waals surface area contributed by atoms with Crippen molar-refractivity contribution >= 4 is 21.3 Å². The van der Waals surface area contributed by atoms with E-state index in [-0.39, 0.29) is 28.2 Å². The van der Waals surface area contributed by atoms with E-state index in [9.17, 15) is 8.42 Å². The second-order valence-electron chi connectivity index (χ2n) is 9.05. The van der Waals surface area contributed by atoms with Crippen LogP contribution in [0.5, 0.6) is 0 Å². The van der Waals surface area contributed by atoms with E-state index in [1.165, 1.54) is 0 Å². The third kappa shape index (κ3) is 5.31. The van der Waals surface area contributed by atoms with Crippen LogP contribution in [0.4, 0.5) is 0 Å². The molecular weight excluding hydrogens is 428 g/mol. The van der Waals surface area contributed by atoms with Gasteiger partial charge in [0.25, 0.3) is 0 Å². The minimum atomic E-state index is -3.70. The highest BCUT2D eigenvalue weighted by Gasteiger charge is 2.28. The van der Waals surface area contributed by atoms with Gasteiger partial charge in [-0.2, -0.15) is 0 Å². The van der Waals surface area contributed by atoms with Gasteiger partial charge in [-0.25, -0.2) is 8.42 Å². The van der Waals surface area contributed by atoms with Crippen molar-refractivity contribution in [2.24, 2.45) is 0 Å². The first kappa shape index (κ1) is 24.6. The zero-order valence-corrected chi connectivity index (χ0v) is 21.0. The van der Waals surface area contributed by atoms with Gasteiger partial charge >= 0.3 is 0 Å². The molecule has 0 amide bonds. The van der Waals surface area contributed by atoms with E-state index >= 15 is 0 Å². The summed E-state index contributed by atoms with van der Waals surface area (Å²) in [5.41, 5.74) is 6.22. The third-order valence-corrected chi connectivity index (χ3v) is 7.39. The number of hydrogen-bond donors (Lipinski definition) is 2. The average molecular weight is 461 g/mol. The lowest BCUT2D eigenvalue weighted by atomic mass is 9.86. The third-order valence-electron chi connectivity index (χ3n) is 6.21. The number of aryl methyl sites for hydroxylation is 3. The van der Waals surface area contributed by atoms with Crippen LogP contribution in [0, 0.1) is 31.6 Å². The van der Waals surface area contributed by atoms with Gasteiger partial charge in [-0.05, 0) is 49.6 Å². The van der Waals surface area contributed by atoms with Crippen molar-refractivity contribution in [3.63, 3.8) is 0 Å². The zero-order valence-electron chi connectivity index (χ0n) is 20.2. The van der Waals surface area contributed by atoms with Crippen molar-refractivity contribution in [1.29, 1.82) is 10.8 Å². The fourth-order valence-corrected chi connectivity index (χ4v) is 5.22. The van der Waals surface area contributed by atoms with Crippen LogP contribution in [0.1, 0.15) is 64.6 Å². The molecule has 0 aliphatic heterocycles. The molecule has 172 valence electrons. The summed E-state index contributed by atoms with van der Waals surface area (Å²) in [6.45, 7) is 9.74. The normalized spacial score (nSPS) is 13.4. The number of sulfone groups is 1. The van der Waals surface area contributed by atoms with E-state index in [2.05, 4.69) is 0 Å². The summed E-state index contributed by atoms with van der Waals surface area (Å²) < 4.78 is 26.0. The smallest absolute Gasteiger partial charge is 0.176 e. The maximum atomic E-state index is 13.0. The highest BCUT2D eigenvalue weighted by atomic mass is 32.2. The van der Waals surface area contributed by atoms with Crippen LogP contribution >= 0.6 is 0 Å². The Kier molecular flexibility index (Phi) is 7.03. The molecule has 2 atom stereocenters. The molecule has 2 unspecified atom stereocenters. The predicted molar refractivity (Wildman–Crippen MR) is 137 cm³/mol. The Labute approximate surface area is 197 Å². The summed E-state index contributed by atoms with van der Waals surface area (Å²) in [6, 6.07) is 19.4.